The molecule has 0 amide bonds. The molecule has 2 N–H and O–H groups in total. The summed E-state index contributed by atoms with van der Waals surface area (Å²) < 4.78 is 21.6. The third kappa shape index (κ3) is 4.02. The van der Waals surface area contributed by atoms with Crippen molar-refractivity contribution in [3.05, 3.63) is 88.6 Å². The lowest BCUT2D eigenvalue weighted by Crippen LogP contribution is -2.25. The zero-order valence-corrected chi connectivity index (χ0v) is 17.6. The summed E-state index contributed by atoms with van der Waals surface area (Å²) >= 11 is 6.62. The monoisotopic (exact) mass is 436 g/mol. The zero-order valence-electron chi connectivity index (χ0n) is 16.9. The molecule has 3 heterocycles. The van der Waals surface area contributed by atoms with E-state index in [9.17, 15) is 4.39 Å². The number of hydrogen-bond donors (Lipinski definition) is 1. The first-order valence-electron chi connectivity index (χ1n) is 10.2. The summed E-state index contributed by atoms with van der Waals surface area (Å²) in [5.74, 6) is 0.482. The van der Waals surface area contributed by atoms with Crippen LogP contribution >= 0.6 is 11.6 Å². The fourth-order valence-electron chi connectivity index (χ4n) is 4.12. The van der Waals surface area contributed by atoms with Crippen molar-refractivity contribution in [3.63, 3.8) is 0 Å². The Kier molecular flexibility index (Phi) is 5.36. The Morgan fingerprint density at radius 1 is 1.13 bits per heavy atom. The molecule has 2 aromatic heterocycles. The van der Waals surface area contributed by atoms with Crippen LogP contribution in [0.1, 0.15) is 16.8 Å². The number of ether oxygens (including phenoxy) is 1. The van der Waals surface area contributed by atoms with Crippen LogP contribution in [0.25, 0.3) is 16.6 Å². The van der Waals surface area contributed by atoms with E-state index in [0.29, 0.717) is 24.7 Å². The molecule has 158 valence electrons. The SMILES string of the molecule is NCc1cc(CN2CCOc3c(Cl)cc(-n4ccc5cc(F)ccc54)cc3C2)ccn1. The molecule has 0 saturated carbocycles. The fourth-order valence-corrected chi connectivity index (χ4v) is 4.41. The van der Waals surface area contributed by atoms with Gasteiger partial charge in [-0.3, -0.25) is 9.88 Å². The molecule has 0 unspecified atom stereocenters. The molecule has 0 fully saturated rings. The van der Waals surface area contributed by atoms with E-state index < -0.39 is 0 Å². The highest BCUT2D eigenvalue weighted by Gasteiger charge is 2.20. The highest BCUT2D eigenvalue weighted by molar-refractivity contribution is 6.32. The number of aromatic nitrogens is 2. The van der Waals surface area contributed by atoms with Crippen molar-refractivity contribution in [3.8, 4) is 11.4 Å². The summed E-state index contributed by atoms with van der Waals surface area (Å²) in [6, 6.07) is 14.7. The average molecular weight is 437 g/mol. The molecule has 1 aliphatic rings. The molecule has 4 aromatic rings. The lowest BCUT2D eigenvalue weighted by Gasteiger charge is -2.20. The van der Waals surface area contributed by atoms with Crippen LogP contribution in [-0.4, -0.2) is 27.6 Å². The first-order valence-corrected chi connectivity index (χ1v) is 10.6. The Morgan fingerprint density at radius 3 is 2.90 bits per heavy atom. The van der Waals surface area contributed by atoms with Crippen LogP contribution in [-0.2, 0) is 19.6 Å². The molecule has 5 rings (SSSR count). The number of nitrogens with zero attached hydrogens (tertiary/aromatic N) is 3. The fraction of sp³-hybridized carbons (Fsp3) is 0.208. The molecule has 0 spiro atoms. The third-order valence-electron chi connectivity index (χ3n) is 5.58. The largest absolute Gasteiger partial charge is 0.490 e. The van der Waals surface area contributed by atoms with E-state index in [0.717, 1.165) is 46.7 Å². The Labute approximate surface area is 184 Å². The van der Waals surface area contributed by atoms with Gasteiger partial charge >= 0.3 is 0 Å². The van der Waals surface area contributed by atoms with E-state index in [1.54, 1.807) is 12.3 Å². The topological polar surface area (TPSA) is 56.3 Å². The maximum absolute atomic E-state index is 13.6. The molecule has 0 atom stereocenters. The van der Waals surface area contributed by atoms with E-state index in [4.69, 9.17) is 22.1 Å². The molecular formula is C24H22ClFN4O. The van der Waals surface area contributed by atoms with E-state index in [2.05, 4.69) is 16.0 Å². The van der Waals surface area contributed by atoms with Gasteiger partial charge in [0.25, 0.3) is 0 Å². The lowest BCUT2D eigenvalue weighted by molar-refractivity contribution is 0.219. The number of nitrogens with two attached hydrogens (primary N) is 1. The third-order valence-corrected chi connectivity index (χ3v) is 5.86. The normalized spacial score (nSPS) is 14.3. The van der Waals surface area contributed by atoms with Gasteiger partial charge in [-0.15, -0.1) is 0 Å². The van der Waals surface area contributed by atoms with Crippen molar-refractivity contribution in [2.75, 3.05) is 13.2 Å². The minimum Gasteiger partial charge on any atom is -0.490 e. The van der Waals surface area contributed by atoms with Gasteiger partial charge in [0.1, 0.15) is 18.2 Å². The predicted molar refractivity (Wildman–Crippen MR) is 120 cm³/mol. The summed E-state index contributed by atoms with van der Waals surface area (Å²) in [6.45, 7) is 3.25. The second-order valence-corrected chi connectivity index (χ2v) is 8.13. The molecule has 2 aromatic carbocycles. The molecule has 5 nitrogen and oxygen atoms in total. The summed E-state index contributed by atoms with van der Waals surface area (Å²) in [6.07, 6.45) is 3.73. The number of rotatable bonds is 4. The number of fused-ring (bicyclic) bond motifs is 2. The summed E-state index contributed by atoms with van der Waals surface area (Å²) in [5, 5.41) is 1.42. The standard InChI is InChI=1S/C24H22ClFN4O/c25-22-12-21(30-6-4-17-10-19(26)1-2-23(17)30)11-18-15-29(7-8-31-24(18)22)14-16-3-5-28-20(9-16)13-27/h1-6,9-12H,7-8,13-15,27H2. The average Bonchev–Trinajstić information content (AvgIpc) is 3.07. The lowest BCUT2D eigenvalue weighted by atomic mass is 10.1. The van der Waals surface area contributed by atoms with Gasteiger partial charge in [-0.25, -0.2) is 4.39 Å². The first kappa shape index (κ1) is 20.0. The van der Waals surface area contributed by atoms with Crippen LogP contribution in [0.4, 0.5) is 4.39 Å². The number of halogens is 2. The van der Waals surface area contributed by atoms with E-state index >= 15 is 0 Å². The van der Waals surface area contributed by atoms with Crippen molar-refractivity contribution >= 4 is 22.5 Å². The second-order valence-electron chi connectivity index (χ2n) is 7.72. The second kappa shape index (κ2) is 8.30. The molecule has 31 heavy (non-hydrogen) atoms. The van der Waals surface area contributed by atoms with Crippen molar-refractivity contribution in [1.29, 1.82) is 0 Å². The molecule has 0 aliphatic carbocycles. The van der Waals surface area contributed by atoms with Gasteiger partial charge in [0.05, 0.1) is 16.2 Å². The van der Waals surface area contributed by atoms with Crippen LogP contribution in [0.15, 0.2) is 60.9 Å². The molecule has 0 saturated heterocycles. The quantitative estimate of drug-likeness (QED) is 0.505. The summed E-state index contributed by atoms with van der Waals surface area (Å²) in [4.78, 5) is 6.60. The number of hydrogen-bond acceptors (Lipinski definition) is 4. The Balaban J connectivity index is 1.48. The van der Waals surface area contributed by atoms with Gasteiger partial charge in [0.2, 0.25) is 0 Å². The molecule has 7 heteroatoms. The minimum absolute atomic E-state index is 0.247. The molecule has 1 aliphatic heterocycles. The van der Waals surface area contributed by atoms with Crippen LogP contribution < -0.4 is 10.5 Å². The Morgan fingerprint density at radius 2 is 2.03 bits per heavy atom. The van der Waals surface area contributed by atoms with E-state index in [-0.39, 0.29) is 5.82 Å². The Hall–Kier alpha value is -2.93. The molecular weight excluding hydrogens is 415 g/mol. The smallest absolute Gasteiger partial charge is 0.142 e. The maximum atomic E-state index is 13.6. The number of benzene rings is 2. The van der Waals surface area contributed by atoms with Crippen molar-refractivity contribution < 1.29 is 9.13 Å². The highest BCUT2D eigenvalue weighted by Crippen LogP contribution is 2.35. The van der Waals surface area contributed by atoms with Gasteiger partial charge in [0.15, 0.2) is 0 Å². The van der Waals surface area contributed by atoms with Crippen LogP contribution in [0, 0.1) is 5.82 Å². The molecule has 0 bridgehead atoms. The summed E-state index contributed by atoms with van der Waals surface area (Å²) in [7, 11) is 0. The van der Waals surface area contributed by atoms with Gasteiger partial charge in [-0.1, -0.05) is 11.6 Å². The van der Waals surface area contributed by atoms with Crippen LogP contribution in [0.3, 0.4) is 0 Å². The minimum atomic E-state index is -0.247. The van der Waals surface area contributed by atoms with Crippen LogP contribution in [0.5, 0.6) is 5.75 Å². The van der Waals surface area contributed by atoms with Crippen molar-refractivity contribution in [2.45, 2.75) is 19.6 Å². The highest BCUT2D eigenvalue weighted by atomic mass is 35.5. The van der Waals surface area contributed by atoms with E-state index in [1.807, 2.05) is 35.0 Å². The number of pyridine rings is 1. The van der Waals surface area contributed by atoms with Crippen molar-refractivity contribution in [2.24, 2.45) is 5.73 Å². The van der Waals surface area contributed by atoms with Gasteiger partial charge in [-0.2, -0.15) is 0 Å². The van der Waals surface area contributed by atoms with Gasteiger partial charge in [-0.05, 0) is 54.1 Å². The Bertz CT molecular complexity index is 1260. The van der Waals surface area contributed by atoms with E-state index in [1.165, 1.54) is 17.7 Å². The van der Waals surface area contributed by atoms with Gasteiger partial charge in [0, 0.05) is 55.2 Å². The van der Waals surface area contributed by atoms with Crippen molar-refractivity contribution in [1.82, 2.24) is 14.5 Å². The van der Waals surface area contributed by atoms with Crippen LogP contribution in [0.2, 0.25) is 5.02 Å². The zero-order chi connectivity index (χ0) is 21.4. The first-order chi connectivity index (χ1) is 15.1. The van der Waals surface area contributed by atoms with Gasteiger partial charge < -0.3 is 15.0 Å². The maximum Gasteiger partial charge on any atom is 0.142 e. The molecule has 0 radical (unpaired) electrons. The summed E-state index contributed by atoms with van der Waals surface area (Å²) in [5.41, 5.74) is 10.7. The predicted octanol–water partition coefficient (Wildman–Crippen LogP) is 4.67.